The van der Waals surface area contributed by atoms with E-state index >= 15 is 0 Å². The molecule has 0 spiro atoms. The fourth-order valence-corrected chi connectivity index (χ4v) is 1.61. The van der Waals surface area contributed by atoms with Crippen LogP contribution in [0.1, 0.15) is 57.2 Å². The van der Waals surface area contributed by atoms with Crippen LogP contribution in [-0.4, -0.2) is 4.98 Å². The molecule has 1 heterocycles. The molecule has 1 aromatic rings. The zero-order valence-corrected chi connectivity index (χ0v) is 9.56. The third kappa shape index (κ3) is 2.76. The van der Waals surface area contributed by atoms with Crippen LogP contribution in [0.3, 0.4) is 0 Å². The van der Waals surface area contributed by atoms with Crippen molar-refractivity contribution in [3.63, 3.8) is 0 Å². The summed E-state index contributed by atoms with van der Waals surface area (Å²) in [5.74, 6) is 0.642. The van der Waals surface area contributed by atoms with Crippen molar-refractivity contribution in [3.8, 4) is 0 Å². The van der Waals surface area contributed by atoms with Gasteiger partial charge in [0.05, 0.1) is 0 Å². The third-order valence-corrected chi connectivity index (χ3v) is 2.72. The molecule has 0 saturated heterocycles. The largest absolute Gasteiger partial charge is 0.364 e. The molecule has 1 aromatic heterocycles. The van der Waals surface area contributed by atoms with Gasteiger partial charge in [0.25, 0.3) is 0 Å². The molecule has 0 radical (unpaired) electrons. The summed E-state index contributed by atoms with van der Waals surface area (Å²) < 4.78 is 0. The van der Waals surface area contributed by atoms with Gasteiger partial charge in [0.2, 0.25) is 0 Å². The van der Waals surface area contributed by atoms with E-state index < -0.39 is 0 Å². The number of unbranched alkanes of at least 4 members (excludes halogenated alkanes) is 1. The molecule has 1 unspecified atom stereocenters. The Morgan fingerprint density at radius 2 is 2.29 bits per heavy atom. The summed E-state index contributed by atoms with van der Waals surface area (Å²) in [7, 11) is 0. The molecule has 0 saturated carbocycles. The first-order valence-electron chi connectivity index (χ1n) is 5.49. The van der Waals surface area contributed by atoms with Gasteiger partial charge < -0.3 is 4.98 Å². The molecule has 0 aliphatic carbocycles. The molecule has 0 fully saturated rings. The summed E-state index contributed by atoms with van der Waals surface area (Å²) in [5.41, 5.74) is 3.72. The minimum Gasteiger partial charge on any atom is -0.364 e. The van der Waals surface area contributed by atoms with Crippen molar-refractivity contribution >= 4 is 5.57 Å². The quantitative estimate of drug-likeness (QED) is 0.712. The second-order valence-corrected chi connectivity index (χ2v) is 4.17. The van der Waals surface area contributed by atoms with Crippen molar-refractivity contribution in [1.82, 2.24) is 4.98 Å². The number of aromatic amines is 1. The molecule has 78 valence electrons. The number of H-pyrrole nitrogens is 1. The highest BCUT2D eigenvalue weighted by Crippen LogP contribution is 2.23. The predicted molar refractivity (Wildman–Crippen MR) is 63.4 cm³/mol. The lowest BCUT2D eigenvalue weighted by Crippen LogP contribution is -1.92. The molecule has 0 aromatic carbocycles. The Labute approximate surface area is 87.2 Å². The highest BCUT2D eigenvalue weighted by atomic mass is 14.7. The van der Waals surface area contributed by atoms with Crippen molar-refractivity contribution in [2.45, 2.75) is 46.0 Å². The van der Waals surface area contributed by atoms with E-state index in [1.54, 1.807) is 0 Å². The minimum atomic E-state index is 0.642. The smallest absolute Gasteiger partial charge is 0.0182 e. The van der Waals surface area contributed by atoms with Crippen molar-refractivity contribution in [2.24, 2.45) is 0 Å². The van der Waals surface area contributed by atoms with Crippen LogP contribution in [0.25, 0.3) is 5.57 Å². The maximum absolute atomic E-state index is 3.94. The van der Waals surface area contributed by atoms with Crippen molar-refractivity contribution in [2.75, 3.05) is 0 Å². The zero-order chi connectivity index (χ0) is 10.6. The Hall–Kier alpha value is -0.980. The van der Waals surface area contributed by atoms with Gasteiger partial charge in [0, 0.05) is 11.9 Å². The molecular formula is C13H21N. The average molecular weight is 191 g/mol. The molecular weight excluding hydrogens is 170 g/mol. The summed E-state index contributed by atoms with van der Waals surface area (Å²) in [6.07, 6.45) is 5.91. The number of hydrogen-bond acceptors (Lipinski definition) is 0. The fraction of sp³-hybridized carbons (Fsp3) is 0.538. The second-order valence-electron chi connectivity index (χ2n) is 4.17. The first-order chi connectivity index (χ1) is 6.65. The molecule has 1 heteroatoms. The average Bonchev–Trinajstić information content (AvgIpc) is 2.62. The first-order valence-corrected chi connectivity index (χ1v) is 5.49. The minimum absolute atomic E-state index is 0.642. The topological polar surface area (TPSA) is 15.8 Å². The van der Waals surface area contributed by atoms with Gasteiger partial charge in [0.15, 0.2) is 0 Å². The number of hydrogen-bond donors (Lipinski definition) is 1. The lowest BCUT2D eigenvalue weighted by Gasteiger charge is -2.07. The molecule has 1 atom stereocenters. The van der Waals surface area contributed by atoms with E-state index in [9.17, 15) is 0 Å². The Balaban J connectivity index is 2.61. The second kappa shape index (κ2) is 5.04. The Bertz CT molecular complexity index is 296. The van der Waals surface area contributed by atoms with E-state index in [0.717, 1.165) is 5.57 Å². The fourth-order valence-electron chi connectivity index (χ4n) is 1.61. The van der Waals surface area contributed by atoms with Crippen molar-refractivity contribution < 1.29 is 0 Å². The van der Waals surface area contributed by atoms with E-state index in [1.165, 1.54) is 30.5 Å². The lowest BCUT2D eigenvalue weighted by atomic mass is 10.0. The highest BCUT2D eigenvalue weighted by molar-refractivity contribution is 5.61. The van der Waals surface area contributed by atoms with Gasteiger partial charge in [0.1, 0.15) is 0 Å². The van der Waals surface area contributed by atoms with Crippen LogP contribution in [0.2, 0.25) is 0 Å². The summed E-state index contributed by atoms with van der Waals surface area (Å²) in [5, 5.41) is 0. The van der Waals surface area contributed by atoms with E-state index in [4.69, 9.17) is 0 Å². The Kier molecular flexibility index (Phi) is 3.99. The summed E-state index contributed by atoms with van der Waals surface area (Å²) in [4.78, 5) is 3.33. The van der Waals surface area contributed by atoms with Gasteiger partial charge in [-0.2, -0.15) is 0 Å². The van der Waals surface area contributed by atoms with E-state index in [2.05, 4.69) is 37.7 Å². The summed E-state index contributed by atoms with van der Waals surface area (Å²) in [6, 6.07) is 2.22. The molecule has 0 aliphatic heterocycles. The van der Waals surface area contributed by atoms with Crippen LogP contribution in [-0.2, 0) is 0 Å². The standard InChI is InChI=1S/C13H21N/c1-5-6-7-11(4)13-8-12(9-14-13)10(2)3/h8-9,11,14H,2,5-7H2,1,3-4H3. The molecule has 1 N–H and O–H groups in total. The molecule has 0 bridgehead atoms. The summed E-state index contributed by atoms with van der Waals surface area (Å²) >= 11 is 0. The van der Waals surface area contributed by atoms with Crippen LogP contribution in [0.15, 0.2) is 18.8 Å². The van der Waals surface area contributed by atoms with Gasteiger partial charge in [-0.3, -0.25) is 0 Å². The van der Waals surface area contributed by atoms with E-state index in [1.807, 2.05) is 6.92 Å². The number of aromatic nitrogens is 1. The van der Waals surface area contributed by atoms with Crippen LogP contribution >= 0.6 is 0 Å². The van der Waals surface area contributed by atoms with Crippen molar-refractivity contribution in [1.29, 1.82) is 0 Å². The predicted octanol–water partition coefficient (Wildman–Crippen LogP) is 4.34. The van der Waals surface area contributed by atoms with Crippen LogP contribution in [0.4, 0.5) is 0 Å². The van der Waals surface area contributed by atoms with E-state index in [-0.39, 0.29) is 0 Å². The zero-order valence-electron chi connectivity index (χ0n) is 9.56. The molecule has 1 rings (SSSR count). The Morgan fingerprint density at radius 3 is 2.79 bits per heavy atom. The number of rotatable bonds is 5. The Morgan fingerprint density at radius 1 is 1.57 bits per heavy atom. The van der Waals surface area contributed by atoms with Gasteiger partial charge in [-0.25, -0.2) is 0 Å². The molecule has 1 nitrogen and oxygen atoms in total. The van der Waals surface area contributed by atoms with Gasteiger partial charge >= 0.3 is 0 Å². The molecule has 14 heavy (non-hydrogen) atoms. The van der Waals surface area contributed by atoms with Crippen LogP contribution < -0.4 is 0 Å². The SMILES string of the molecule is C=C(C)c1c[nH]c(C(C)CCCC)c1. The first kappa shape index (κ1) is 11.1. The maximum Gasteiger partial charge on any atom is 0.0182 e. The van der Waals surface area contributed by atoms with Gasteiger partial charge in [-0.15, -0.1) is 0 Å². The highest BCUT2D eigenvalue weighted by Gasteiger charge is 2.07. The number of allylic oxidation sites excluding steroid dienone is 1. The molecule has 0 aliphatic rings. The van der Waals surface area contributed by atoms with Crippen LogP contribution in [0.5, 0.6) is 0 Å². The summed E-state index contributed by atoms with van der Waals surface area (Å²) in [6.45, 7) is 10.5. The van der Waals surface area contributed by atoms with E-state index in [0.29, 0.717) is 5.92 Å². The number of nitrogens with one attached hydrogen (secondary N) is 1. The van der Waals surface area contributed by atoms with Gasteiger partial charge in [-0.1, -0.05) is 33.3 Å². The van der Waals surface area contributed by atoms with Gasteiger partial charge in [-0.05, 0) is 36.5 Å². The molecule has 0 amide bonds. The van der Waals surface area contributed by atoms with Crippen LogP contribution in [0, 0.1) is 0 Å². The van der Waals surface area contributed by atoms with Crippen molar-refractivity contribution in [3.05, 3.63) is 30.1 Å². The third-order valence-electron chi connectivity index (χ3n) is 2.72. The lowest BCUT2D eigenvalue weighted by molar-refractivity contribution is 0.614. The maximum atomic E-state index is 3.94. The monoisotopic (exact) mass is 191 g/mol. The normalized spacial score (nSPS) is 12.8.